The fourth-order valence-electron chi connectivity index (χ4n) is 2.61. The van der Waals surface area contributed by atoms with Crippen LogP contribution in [0.4, 0.5) is 17.1 Å². The van der Waals surface area contributed by atoms with Gasteiger partial charge in [0.1, 0.15) is 0 Å². The number of amides is 3. The summed E-state index contributed by atoms with van der Waals surface area (Å²) in [6.45, 7) is 4.78. The molecule has 31 heavy (non-hydrogen) atoms. The molecule has 2 aromatic carbocycles. The van der Waals surface area contributed by atoms with Crippen molar-refractivity contribution in [1.82, 2.24) is 0 Å². The van der Waals surface area contributed by atoms with Crippen molar-refractivity contribution in [1.29, 1.82) is 0 Å². The van der Waals surface area contributed by atoms with E-state index in [1.807, 2.05) is 19.9 Å². The standard InChI is InChI=1S/C22H24BrN3O5/c1-13-14(2)19(9-8-18(13)23)26-21(29)12-31-22(30)11-10-20(28)25-17-6-4-16(5-7-17)24-15(3)27/h4-9H,10-12H2,1-3H3,(H,24,27)(H,25,28)(H,26,29). The van der Waals surface area contributed by atoms with Crippen LogP contribution in [0.25, 0.3) is 0 Å². The van der Waals surface area contributed by atoms with Crippen LogP contribution in [0.1, 0.15) is 30.9 Å². The smallest absolute Gasteiger partial charge is 0.306 e. The second kappa shape index (κ2) is 11.3. The number of rotatable bonds is 8. The minimum absolute atomic E-state index is 0.0844. The number of hydrogen-bond acceptors (Lipinski definition) is 5. The Kier molecular flexibility index (Phi) is 8.75. The minimum Gasteiger partial charge on any atom is -0.456 e. The molecule has 3 amide bonds. The van der Waals surface area contributed by atoms with Gasteiger partial charge in [0.2, 0.25) is 11.8 Å². The first kappa shape index (κ1) is 24.1. The molecule has 8 nitrogen and oxygen atoms in total. The first-order chi connectivity index (χ1) is 14.7. The van der Waals surface area contributed by atoms with Crippen molar-refractivity contribution in [3.8, 4) is 0 Å². The number of esters is 1. The number of anilines is 3. The second-order valence-corrected chi connectivity index (χ2v) is 7.71. The lowest BCUT2D eigenvalue weighted by Crippen LogP contribution is -2.22. The SMILES string of the molecule is CC(=O)Nc1ccc(NC(=O)CCC(=O)OCC(=O)Nc2ccc(Br)c(C)c2C)cc1. The highest BCUT2D eigenvalue weighted by atomic mass is 79.9. The van der Waals surface area contributed by atoms with Crippen LogP contribution in [-0.4, -0.2) is 30.3 Å². The number of benzene rings is 2. The third-order valence-electron chi connectivity index (χ3n) is 4.40. The van der Waals surface area contributed by atoms with Crippen molar-refractivity contribution < 1.29 is 23.9 Å². The van der Waals surface area contributed by atoms with Gasteiger partial charge in [-0.3, -0.25) is 19.2 Å². The molecule has 164 valence electrons. The Labute approximate surface area is 188 Å². The molecule has 0 unspecified atom stereocenters. The Morgan fingerprint density at radius 1 is 0.806 bits per heavy atom. The van der Waals surface area contributed by atoms with E-state index in [-0.39, 0.29) is 24.7 Å². The van der Waals surface area contributed by atoms with Crippen molar-refractivity contribution >= 4 is 56.7 Å². The predicted molar refractivity (Wildman–Crippen MR) is 122 cm³/mol. The monoisotopic (exact) mass is 489 g/mol. The zero-order valence-corrected chi connectivity index (χ0v) is 19.1. The van der Waals surface area contributed by atoms with E-state index in [0.29, 0.717) is 17.1 Å². The molecular formula is C22H24BrN3O5. The van der Waals surface area contributed by atoms with E-state index in [0.717, 1.165) is 15.6 Å². The normalized spacial score (nSPS) is 10.2. The van der Waals surface area contributed by atoms with Crippen LogP contribution in [0.15, 0.2) is 40.9 Å². The van der Waals surface area contributed by atoms with Crippen LogP contribution in [-0.2, 0) is 23.9 Å². The van der Waals surface area contributed by atoms with Crippen LogP contribution in [0, 0.1) is 13.8 Å². The average molecular weight is 490 g/mol. The molecule has 0 saturated heterocycles. The zero-order chi connectivity index (χ0) is 23.0. The number of halogens is 1. The molecule has 2 aromatic rings. The molecule has 9 heteroatoms. The molecule has 0 saturated carbocycles. The first-order valence-electron chi connectivity index (χ1n) is 9.54. The van der Waals surface area contributed by atoms with Crippen LogP contribution >= 0.6 is 15.9 Å². The average Bonchev–Trinajstić information content (AvgIpc) is 2.72. The maximum atomic E-state index is 12.0. The molecule has 0 atom stereocenters. The van der Waals surface area contributed by atoms with Gasteiger partial charge in [-0.25, -0.2) is 0 Å². The molecule has 3 N–H and O–H groups in total. The van der Waals surface area contributed by atoms with Crippen LogP contribution in [0.3, 0.4) is 0 Å². The van der Waals surface area contributed by atoms with Crippen LogP contribution < -0.4 is 16.0 Å². The summed E-state index contributed by atoms with van der Waals surface area (Å²) in [5, 5.41) is 7.98. The quantitative estimate of drug-likeness (QED) is 0.486. The fourth-order valence-corrected chi connectivity index (χ4v) is 3.04. The van der Waals surface area contributed by atoms with Gasteiger partial charge < -0.3 is 20.7 Å². The lowest BCUT2D eigenvalue weighted by molar-refractivity contribution is -0.147. The van der Waals surface area contributed by atoms with Crippen molar-refractivity contribution in [3.05, 3.63) is 52.0 Å². The van der Waals surface area contributed by atoms with Gasteiger partial charge in [-0.2, -0.15) is 0 Å². The van der Waals surface area contributed by atoms with E-state index >= 15 is 0 Å². The fraction of sp³-hybridized carbons (Fsp3) is 0.273. The lowest BCUT2D eigenvalue weighted by atomic mass is 10.1. The number of nitrogens with one attached hydrogen (secondary N) is 3. The number of hydrogen-bond donors (Lipinski definition) is 3. The lowest BCUT2D eigenvalue weighted by Gasteiger charge is -2.12. The number of ether oxygens (including phenoxy) is 1. The summed E-state index contributed by atoms with van der Waals surface area (Å²) in [4.78, 5) is 46.9. The molecule has 0 aliphatic carbocycles. The van der Waals surface area contributed by atoms with Gasteiger partial charge in [0.05, 0.1) is 6.42 Å². The number of carbonyl (C=O) groups excluding carboxylic acids is 4. The third-order valence-corrected chi connectivity index (χ3v) is 5.26. The van der Waals surface area contributed by atoms with Gasteiger partial charge in [-0.05, 0) is 61.4 Å². The van der Waals surface area contributed by atoms with Gasteiger partial charge in [0.25, 0.3) is 5.91 Å². The molecule has 0 bridgehead atoms. The summed E-state index contributed by atoms with van der Waals surface area (Å²) in [6, 6.07) is 10.2. The largest absolute Gasteiger partial charge is 0.456 e. The molecule has 0 fully saturated rings. The first-order valence-corrected chi connectivity index (χ1v) is 10.3. The number of carbonyl (C=O) groups is 4. The highest BCUT2D eigenvalue weighted by molar-refractivity contribution is 9.10. The Morgan fingerprint density at radius 3 is 2.03 bits per heavy atom. The summed E-state index contributed by atoms with van der Waals surface area (Å²) in [5.74, 6) is -1.65. The molecule has 2 rings (SSSR count). The van der Waals surface area contributed by atoms with E-state index in [2.05, 4.69) is 31.9 Å². The Bertz CT molecular complexity index is 989. The van der Waals surface area contributed by atoms with Crippen molar-refractivity contribution in [3.63, 3.8) is 0 Å². The third kappa shape index (κ3) is 7.86. The van der Waals surface area contributed by atoms with E-state index < -0.39 is 18.5 Å². The van der Waals surface area contributed by atoms with E-state index in [4.69, 9.17) is 4.74 Å². The molecule has 0 heterocycles. The van der Waals surface area contributed by atoms with Crippen molar-refractivity contribution in [2.45, 2.75) is 33.6 Å². The Hall–Kier alpha value is -3.20. The Balaban J connectivity index is 1.72. The van der Waals surface area contributed by atoms with Gasteiger partial charge in [-0.15, -0.1) is 0 Å². The van der Waals surface area contributed by atoms with E-state index in [9.17, 15) is 19.2 Å². The van der Waals surface area contributed by atoms with Crippen molar-refractivity contribution in [2.24, 2.45) is 0 Å². The molecule has 0 aromatic heterocycles. The van der Waals surface area contributed by atoms with E-state index in [1.165, 1.54) is 6.92 Å². The molecule has 0 spiro atoms. The van der Waals surface area contributed by atoms with E-state index in [1.54, 1.807) is 30.3 Å². The zero-order valence-electron chi connectivity index (χ0n) is 17.5. The molecular weight excluding hydrogens is 466 g/mol. The molecule has 0 radical (unpaired) electrons. The predicted octanol–water partition coefficient (Wildman–Crippen LogP) is 3.92. The summed E-state index contributed by atoms with van der Waals surface area (Å²) >= 11 is 3.43. The van der Waals surface area contributed by atoms with Gasteiger partial charge in [-0.1, -0.05) is 15.9 Å². The van der Waals surface area contributed by atoms with Crippen LogP contribution in [0.2, 0.25) is 0 Å². The highest BCUT2D eigenvalue weighted by Crippen LogP contribution is 2.25. The van der Waals surface area contributed by atoms with Gasteiger partial charge in [0, 0.05) is 34.9 Å². The highest BCUT2D eigenvalue weighted by Gasteiger charge is 2.12. The van der Waals surface area contributed by atoms with Gasteiger partial charge in [0.15, 0.2) is 6.61 Å². The summed E-state index contributed by atoms with van der Waals surface area (Å²) in [6.07, 6.45) is -0.238. The summed E-state index contributed by atoms with van der Waals surface area (Å²) in [7, 11) is 0. The maximum Gasteiger partial charge on any atom is 0.306 e. The topological polar surface area (TPSA) is 114 Å². The second-order valence-electron chi connectivity index (χ2n) is 6.86. The minimum atomic E-state index is -0.644. The van der Waals surface area contributed by atoms with Crippen molar-refractivity contribution in [2.75, 3.05) is 22.6 Å². The van der Waals surface area contributed by atoms with Crippen LogP contribution in [0.5, 0.6) is 0 Å². The summed E-state index contributed by atoms with van der Waals surface area (Å²) < 4.78 is 5.88. The molecule has 0 aliphatic heterocycles. The maximum absolute atomic E-state index is 12.0. The summed E-state index contributed by atoms with van der Waals surface area (Å²) in [5.41, 5.74) is 3.71. The van der Waals surface area contributed by atoms with Gasteiger partial charge >= 0.3 is 5.97 Å². The molecule has 0 aliphatic rings. The Morgan fingerprint density at radius 2 is 1.42 bits per heavy atom.